The van der Waals surface area contributed by atoms with Gasteiger partial charge in [0.25, 0.3) is 0 Å². The molecule has 3 rings (SSSR count). The molecule has 6 heteroatoms. The Kier molecular flexibility index (Phi) is 6.84. The summed E-state index contributed by atoms with van der Waals surface area (Å²) in [5, 5.41) is 12.9. The van der Waals surface area contributed by atoms with E-state index < -0.39 is 17.9 Å². The van der Waals surface area contributed by atoms with Gasteiger partial charge in [-0.1, -0.05) is 51.5 Å². The van der Waals surface area contributed by atoms with Crippen LogP contribution in [0.3, 0.4) is 0 Å². The summed E-state index contributed by atoms with van der Waals surface area (Å²) in [6, 6.07) is -0.610. The molecule has 150 valence electrons. The number of fused-ring (bicyclic) bond motifs is 2. The average Bonchev–Trinajstić information content (AvgIpc) is 3.37. The maximum Gasteiger partial charge on any atom is 0.244 e. The highest BCUT2D eigenvalue weighted by molar-refractivity contribution is 6.00. The highest BCUT2D eigenvalue weighted by Crippen LogP contribution is 2.47. The van der Waals surface area contributed by atoms with Crippen LogP contribution in [0.1, 0.15) is 64.7 Å². The second-order valence-electron chi connectivity index (χ2n) is 7.77. The van der Waals surface area contributed by atoms with Crippen molar-refractivity contribution in [3.05, 3.63) is 24.3 Å². The second kappa shape index (κ2) is 9.13. The molecule has 0 saturated carbocycles. The first-order valence-corrected chi connectivity index (χ1v) is 10.3. The quantitative estimate of drug-likeness (QED) is 0.347. The van der Waals surface area contributed by atoms with Crippen molar-refractivity contribution >= 4 is 11.7 Å². The zero-order valence-electron chi connectivity index (χ0n) is 16.1. The van der Waals surface area contributed by atoms with Gasteiger partial charge in [0, 0.05) is 6.42 Å². The van der Waals surface area contributed by atoms with E-state index in [2.05, 4.69) is 12.2 Å². The number of epoxide rings is 1. The van der Waals surface area contributed by atoms with E-state index in [0.29, 0.717) is 0 Å². The van der Waals surface area contributed by atoms with E-state index in [0.717, 1.165) is 12.8 Å². The van der Waals surface area contributed by atoms with Gasteiger partial charge in [-0.3, -0.25) is 9.59 Å². The number of aliphatic hydroxyl groups is 1. The molecule has 5 atom stereocenters. The zero-order valence-corrected chi connectivity index (χ0v) is 16.1. The van der Waals surface area contributed by atoms with Crippen molar-refractivity contribution in [2.75, 3.05) is 0 Å². The van der Waals surface area contributed by atoms with Gasteiger partial charge in [0.05, 0.1) is 6.04 Å². The molecule has 1 amide bonds. The first-order chi connectivity index (χ1) is 13.1. The molecule has 1 aliphatic carbocycles. The van der Waals surface area contributed by atoms with E-state index in [1.807, 2.05) is 6.08 Å². The number of carbonyl (C=O) groups excluding carboxylic acids is 2. The van der Waals surface area contributed by atoms with E-state index in [1.54, 1.807) is 6.08 Å². The van der Waals surface area contributed by atoms with Crippen molar-refractivity contribution in [3.8, 4) is 0 Å². The van der Waals surface area contributed by atoms with Gasteiger partial charge < -0.3 is 19.9 Å². The minimum atomic E-state index is -1.20. The maximum atomic E-state index is 12.3. The number of amides is 1. The third-order valence-electron chi connectivity index (χ3n) is 5.61. The number of allylic oxidation sites excluding steroid dienone is 1. The number of unbranched alkanes of at least 4 members (excludes halogenated alkanes) is 7. The fraction of sp³-hybridized carbons (Fsp3) is 0.714. The number of hydrogen-bond acceptors (Lipinski definition) is 5. The molecule has 2 heterocycles. The van der Waals surface area contributed by atoms with E-state index in [-0.39, 0.29) is 30.3 Å². The van der Waals surface area contributed by atoms with Gasteiger partial charge in [-0.05, 0) is 31.1 Å². The highest BCUT2D eigenvalue weighted by atomic mass is 16.7. The van der Waals surface area contributed by atoms with Crippen LogP contribution < -0.4 is 5.32 Å². The first kappa shape index (κ1) is 20.2. The molecule has 0 radical (unpaired) electrons. The zero-order chi connectivity index (χ0) is 19.3. The van der Waals surface area contributed by atoms with E-state index >= 15 is 0 Å². The molecule has 2 fully saturated rings. The molecule has 6 nitrogen and oxygen atoms in total. The lowest BCUT2D eigenvalue weighted by molar-refractivity contribution is -0.166. The molecule has 0 unspecified atom stereocenters. The molecule has 2 N–H and O–H groups in total. The van der Waals surface area contributed by atoms with E-state index in [4.69, 9.17) is 9.47 Å². The lowest BCUT2D eigenvalue weighted by Crippen LogP contribution is -2.46. The summed E-state index contributed by atoms with van der Waals surface area (Å²) >= 11 is 0. The fourth-order valence-corrected chi connectivity index (χ4v) is 3.99. The van der Waals surface area contributed by atoms with Gasteiger partial charge in [0.15, 0.2) is 17.7 Å². The van der Waals surface area contributed by atoms with E-state index in [9.17, 15) is 14.7 Å². The van der Waals surface area contributed by atoms with Gasteiger partial charge in [-0.2, -0.15) is 0 Å². The molecular formula is C21H31NO5. The molecule has 0 aromatic heterocycles. The van der Waals surface area contributed by atoms with Gasteiger partial charge in [0.2, 0.25) is 5.91 Å². The number of aliphatic hydroxyl groups excluding tert-OH is 1. The molecule has 1 spiro atoms. The summed E-state index contributed by atoms with van der Waals surface area (Å²) < 4.78 is 11.0. The van der Waals surface area contributed by atoms with Gasteiger partial charge in [-0.25, -0.2) is 0 Å². The Hall–Kier alpha value is -1.50. The summed E-state index contributed by atoms with van der Waals surface area (Å²) in [6.07, 6.45) is 14.7. The third kappa shape index (κ3) is 4.86. The summed E-state index contributed by atoms with van der Waals surface area (Å²) in [6.45, 7) is 2.22. The molecule has 2 saturated heterocycles. The van der Waals surface area contributed by atoms with Crippen LogP contribution in [0.15, 0.2) is 24.3 Å². The number of ketones is 1. The number of nitrogens with one attached hydrogen (secondary N) is 1. The largest absolute Gasteiger partial charge is 0.366 e. The Morgan fingerprint density at radius 3 is 2.81 bits per heavy atom. The summed E-state index contributed by atoms with van der Waals surface area (Å²) in [7, 11) is 0. The molecule has 3 aliphatic rings. The Labute approximate surface area is 161 Å². The van der Waals surface area contributed by atoms with Crippen molar-refractivity contribution in [1.82, 2.24) is 5.32 Å². The Balaban J connectivity index is 1.36. The summed E-state index contributed by atoms with van der Waals surface area (Å²) in [4.78, 5) is 24.4. The maximum absolute atomic E-state index is 12.3. The number of ether oxygens (including phenoxy) is 2. The molecule has 0 aromatic carbocycles. The third-order valence-corrected chi connectivity index (χ3v) is 5.61. The van der Waals surface area contributed by atoms with Crippen LogP contribution in [-0.2, 0) is 19.1 Å². The normalized spacial score (nSPS) is 34.4. The van der Waals surface area contributed by atoms with E-state index in [1.165, 1.54) is 50.7 Å². The van der Waals surface area contributed by atoms with Crippen LogP contribution in [0.5, 0.6) is 0 Å². The lowest BCUT2D eigenvalue weighted by atomic mass is 9.84. The first-order valence-electron chi connectivity index (χ1n) is 10.3. The van der Waals surface area contributed by atoms with Crippen LogP contribution in [0.4, 0.5) is 0 Å². The minimum absolute atomic E-state index is 0.119. The van der Waals surface area contributed by atoms with Gasteiger partial charge in [0.1, 0.15) is 12.2 Å². The lowest BCUT2D eigenvalue weighted by Gasteiger charge is -2.25. The van der Waals surface area contributed by atoms with Crippen molar-refractivity contribution in [2.45, 2.75) is 94.9 Å². The van der Waals surface area contributed by atoms with Crippen LogP contribution >= 0.6 is 0 Å². The fourth-order valence-electron chi connectivity index (χ4n) is 3.99. The number of carbonyl (C=O) groups is 2. The van der Waals surface area contributed by atoms with Crippen molar-refractivity contribution < 1.29 is 24.2 Å². The topological polar surface area (TPSA) is 88.2 Å². The summed E-state index contributed by atoms with van der Waals surface area (Å²) in [5.74, 6) is -0.471. The van der Waals surface area contributed by atoms with Crippen molar-refractivity contribution in [1.29, 1.82) is 0 Å². The van der Waals surface area contributed by atoms with Crippen LogP contribution in [-0.4, -0.2) is 46.9 Å². The Bertz CT molecular complexity index is 601. The number of hydrogen-bond donors (Lipinski definition) is 2. The van der Waals surface area contributed by atoms with Gasteiger partial charge >= 0.3 is 0 Å². The minimum Gasteiger partial charge on any atom is -0.366 e. The predicted octanol–water partition coefficient (Wildman–Crippen LogP) is 2.55. The Morgan fingerprint density at radius 2 is 2.04 bits per heavy atom. The summed E-state index contributed by atoms with van der Waals surface area (Å²) in [5.41, 5.74) is -1.15. The van der Waals surface area contributed by atoms with Crippen molar-refractivity contribution in [2.24, 2.45) is 0 Å². The van der Waals surface area contributed by atoms with Gasteiger partial charge in [-0.15, -0.1) is 0 Å². The molecule has 0 bridgehead atoms. The predicted molar refractivity (Wildman–Crippen MR) is 101 cm³/mol. The smallest absolute Gasteiger partial charge is 0.244 e. The second-order valence-corrected chi connectivity index (χ2v) is 7.77. The highest BCUT2D eigenvalue weighted by Gasteiger charge is 2.65. The average molecular weight is 377 g/mol. The molecule has 0 aromatic rings. The Morgan fingerprint density at radius 1 is 1.30 bits per heavy atom. The molecule has 2 aliphatic heterocycles. The van der Waals surface area contributed by atoms with Crippen LogP contribution in [0.25, 0.3) is 0 Å². The van der Waals surface area contributed by atoms with Crippen LogP contribution in [0.2, 0.25) is 0 Å². The van der Waals surface area contributed by atoms with Crippen molar-refractivity contribution in [3.63, 3.8) is 0 Å². The SMILES string of the molecule is CCCCCCCCC/C=C\C(=O)N[C@H]1C[C@@]2(O[C@H]1O)C(=O)C=C[C@@H]1O[C@@H]12. The van der Waals surface area contributed by atoms with Crippen LogP contribution in [0, 0.1) is 0 Å². The molecule has 27 heavy (non-hydrogen) atoms. The standard InChI is InChI=1S/C21H31NO5/c1-2-3-4-5-6-7-8-9-10-11-18(24)22-15-14-21(27-20(15)25)17(23)13-12-16-19(21)26-16/h10-13,15-16,19-20,25H,2-9,14H2,1H3,(H,22,24)/b11-10-/t15-,16-,19-,20+,21+/m0/s1. The monoisotopic (exact) mass is 377 g/mol. The number of rotatable bonds is 10. The molecular weight excluding hydrogens is 346 g/mol.